The van der Waals surface area contributed by atoms with E-state index < -0.39 is 17.9 Å². The van der Waals surface area contributed by atoms with Gasteiger partial charge in [-0.1, -0.05) is 19.1 Å². The van der Waals surface area contributed by atoms with Crippen LogP contribution < -0.4 is 0 Å². The van der Waals surface area contributed by atoms with Crippen LogP contribution in [0.25, 0.3) is 0 Å². The maximum absolute atomic E-state index is 12.0. The Morgan fingerprint density at radius 1 is 1.14 bits per heavy atom. The second-order valence-corrected chi connectivity index (χ2v) is 5.49. The molecule has 0 spiro atoms. The number of hydrogen-bond acceptors (Lipinski definition) is 6. The van der Waals surface area contributed by atoms with E-state index in [9.17, 15) is 14.4 Å². The SMILES string of the molecule is COC(=O)[C@H]1[C@@H]2COC(=O)CCC(=O)OC[C@@H]2C=C[C@@H]1C. The second kappa shape index (κ2) is 6.74. The molecule has 116 valence electrons. The summed E-state index contributed by atoms with van der Waals surface area (Å²) in [6.07, 6.45) is 3.88. The first-order valence-corrected chi connectivity index (χ1v) is 7.10. The Morgan fingerprint density at radius 2 is 1.76 bits per heavy atom. The van der Waals surface area contributed by atoms with E-state index in [2.05, 4.69) is 0 Å². The summed E-state index contributed by atoms with van der Waals surface area (Å²) in [6.45, 7) is 2.24. The molecule has 1 fully saturated rings. The zero-order chi connectivity index (χ0) is 15.4. The number of allylic oxidation sites excluding steroid dienone is 1. The second-order valence-electron chi connectivity index (χ2n) is 5.49. The highest BCUT2D eigenvalue weighted by Crippen LogP contribution is 2.36. The van der Waals surface area contributed by atoms with Crippen LogP contribution in [0.3, 0.4) is 0 Å². The maximum Gasteiger partial charge on any atom is 0.309 e. The highest BCUT2D eigenvalue weighted by Gasteiger charge is 2.41. The summed E-state index contributed by atoms with van der Waals surface area (Å²) >= 11 is 0. The highest BCUT2D eigenvalue weighted by molar-refractivity contribution is 5.78. The van der Waals surface area contributed by atoms with Crippen molar-refractivity contribution in [1.29, 1.82) is 0 Å². The number of cyclic esters (lactones) is 2. The standard InChI is InChI=1S/C15H20O6/c1-9-3-4-10-7-20-12(16)5-6-13(17)21-8-11(10)14(9)15(18)19-2/h3-4,9-11,14H,5-8H2,1-2H3/t9-,10-,11+,14+/m0/s1. The van der Waals surface area contributed by atoms with E-state index in [1.807, 2.05) is 19.1 Å². The van der Waals surface area contributed by atoms with Crippen molar-refractivity contribution in [2.75, 3.05) is 20.3 Å². The van der Waals surface area contributed by atoms with E-state index in [0.717, 1.165) is 0 Å². The average Bonchev–Trinajstić information content (AvgIpc) is 2.48. The minimum Gasteiger partial charge on any atom is -0.469 e. The third-order valence-electron chi connectivity index (χ3n) is 4.12. The van der Waals surface area contributed by atoms with Crippen molar-refractivity contribution in [2.24, 2.45) is 23.7 Å². The minimum atomic E-state index is -0.446. The van der Waals surface area contributed by atoms with Gasteiger partial charge in [-0.25, -0.2) is 0 Å². The Bertz CT molecular complexity index is 455. The third kappa shape index (κ3) is 3.62. The Labute approximate surface area is 123 Å². The number of carbonyl (C=O) groups is 3. The molecule has 6 heteroatoms. The van der Waals surface area contributed by atoms with Gasteiger partial charge in [0.1, 0.15) is 0 Å². The van der Waals surface area contributed by atoms with Crippen LogP contribution in [-0.4, -0.2) is 38.2 Å². The fourth-order valence-corrected chi connectivity index (χ4v) is 2.90. The Morgan fingerprint density at radius 3 is 2.38 bits per heavy atom. The first-order chi connectivity index (χ1) is 10.0. The zero-order valence-corrected chi connectivity index (χ0v) is 12.2. The lowest BCUT2D eigenvalue weighted by Gasteiger charge is -2.36. The molecule has 0 aromatic heterocycles. The number of carbonyl (C=O) groups excluding carboxylic acids is 3. The van der Waals surface area contributed by atoms with E-state index >= 15 is 0 Å². The van der Waals surface area contributed by atoms with Crippen LogP contribution in [0.4, 0.5) is 0 Å². The van der Waals surface area contributed by atoms with E-state index in [1.54, 1.807) is 0 Å². The average molecular weight is 296 g/mol. The fourth-order valence-electron chi connectivity index (χ4n) is 2.90. The predicted octanol–water partition coefficient (Wildman–Crippen LogP) is 1.09. The van der Waals surface area contributed by atoms with Crippen LogP contribution in [0.15, 0.2) is 12.2 Å². The highest BCUT2D eigenvalue weighted by atomic mass is 16.5. The van der Waals surface area contributed by atoms with Gasteiger partial charge >= 0.3 is 17.9 Å². The molecule has 2 aliphatic rings. The molecule has 1 aliphatic heterocycles. The summed E-state index contributed by atoms with van der Waals surface area (Å²) in [5, 5.41) is 0. The minimum absolute atomic E-state index is 0.00447. The molecule has 0 unspecified atom stereocenters. The number of methoxy groups -OCH3 is 1. The molecule has 0 aromatic rings. The number of esters is 3. The van der Waals surface area contributed by atoms with Gasteiger partial charge in [-0.3, -0.25) is 14.4 Å². The van der Waals surface area contributed by atoms with Crippen LogP contribution >= 0.6 is 0 Å². The molecule has 2 rings (SSSR count). The van der Waals surface area contributed by atoms with Crippen LogP contribution in [0.1, 0.15) is 19.8 Å². The number of rotatable bonds is 1. The quantitative estimate of drug-likeness (QED) is 0.409. The van der Waals surface area contributed by atoms with Crippen molar-refractivity contribution in [2.45, 2.75) is 19.8 Å². The van der Waals surface area contributed by atoms with Crippen LogP contribution in [-0.2, 0) is 28.6 Å². The van der Waals surface area contributed by atoms with Gasteiger partial charge in [0.2, 0.25) is 0 Å². The lowest BCUT2D eigenvalue weighted by Crippen LogP contribution is -2.41. The van der Waals surface area contributed by atoms with Crippen LogP contribution in [0.5, 0.6) is 0 Å². The molecule has 0 saturated carbocycles. The van der Waals surface area contributed by atoms with Gasteiger partial charge < -0.3 is 14.2 Å². The summed E-state index contributed by atoms with van der Waals surface area (Å²) in [7, 11) is 1.34. The van der Waals surface area contributed by atoms with Crippen molar-refractivity contribution in [3.63, 3.8) is 0 Å². The molecule has 1 heterocycles. The largest absolute Gasteiger partial charge is 0.469 e. The summed E-state index contributed by atoms with van der Waals surface area (Å²) in [5.41, 5.74) is 0. The lowest BCUT2D eigenvalue weighted by atomic mass is 9.71. The molecule has 1 aliphatic carbocycles. The molecule has 6 nitrogen and oxygen atoms in total. The Kier molecular flexibility index (Phi) is 4.98. The van der Waals surface area contributed by atoms with Crippen LogP contribution in [0.2, 0.25) is 0 Å². The van der Waals surface area contributed by atoms with E-state index in [-0.39, 0.29) is 49.8 Å². The summed E-state index contributed by atoms with van der Waals surface area (Å²) in [6, 6.07) is 0. The van der Waals surface area contributed by atoms with Crippen molar-refractivity contribution in [1.82, 2.24) is 0 Å². The first kappa shape index (κ1) is 15.5. The summed E-state index contributed by atoms with van der Waals surface area (Å²) < 4.78 is 15.3. The van der Waals surface area contributed by atoms with Gasteiger partial charge in [-0.05, 0) is 5.92 Å². The Balaban J connectivity index is 2.23. The smallest absolute Gasteiger partial charge is 0.309 e. The van der Waals surface area contributed by atoms with Gasteiger partial charge in [-0.15, -0.1) is 0 Å². The zero-order valence-electron chi connectivity index (χ0n) is 12.2. The van der Waals surface area contributed by atoms with E-state index in [0.29, 0.717) is 0 Å². The topological polar surface area (TPSA) is 78.9 Å². The molecule has 0 radical (unpaired) electrons. The molecule has 0 bridgehead atoms. The maximum atomic E-state index is 12.0. The van der Waals surface area contributed by atoms with E-state index in [1.165, 1.54) is 7.11 Å². The number of fused-ring (bicyclic) bond motifs is 1. The molecule has 1 saturated heterocycles. The molecule has 4 atom stereocenters. The van der Waals surface area contributed by atoms with Gasteiger partial charge in [0.05, 0.1) is 39.1 Å². The van der Waals surface area contributed by atoms with Crippen LogP contribution in [0, 0.1) is 23.7 Å². The van der Waals surface area contributed by atoms with Gasteiger partial charge in [0, 0.05) is 11.8 Å². The molecule has 0 N–H and O–H groups in total. The van der Waals surface area contributed by atoms with Gasteiger partial charge in [0.25, 0.3) is 0 Å². The predicted molar refractivity (Wildman–Crippen MR) is 71.9 cm³/mol. The molecule has 0 aromatic carbocycles. The normalized spacial score (nSPS) is 33.4. The lowest BCUT2D eigenvalue weighted by molar-refractivity contribution is -0.161. The molecular weight excluding hydrogens is 276 g/mol. The monoisotopic (exact) mass is 296 g/mol. The number of hydrogen-bond donors (Lipinski definition) is 0. The van der Waals surface area contributed by atoms with Gasteiger partial charge in [-0.2, -0.15) is 0 Å². The molecular formula is C15H20O6. The number of ether oxygens (including phenoxy) is 3. The van der Waals surface area contributed by atoms with E-state index in [4.69, 9.17) is 14.2 Å². The fraction of sp³-hybridized carbons (Fsp3) is 0.667. The van der Waals surface area contributed by atoms with Crippen molar-refractivity contribution >= 4 is 17.9 Å². The Hall–Kier alpha value is -1.85. The summed E-state index contributed by atoms with van der Waals surface area (Å²) in [5.74, 6) is -2.02. The third-order valence-corrected chi connectivity index (χ3v) is 4.12. The van der Waals surface area contributed by atoms with Crippen molar-refractivity contribution in [3.05, 3.63) is 12.2 Å². The molecule has 21 heavy (non-hydrogen) atoms. The first-order valence-electron chi connectivity index (χ1n) is 7.10. The van der Waals surface area contributed by atoms with Crippen molar-refractivity contribution < 1.29 is 28.6 Å². The molecule has 0 amide bonds. The summed E-state index contributed by atoms with van der Waals surface area (Å²) in [4.78, 5) is 35.1. The van der Waals surface area contributed by atoms with Crippen molar-refractivity contribution in [3.8, 4) is 0 Å². The van der Waals surface area contributed by atoms with Gasteiger partial charge in [0.15, 0.2) is 0 Å².